The van der Waals surface area contributed by atoms with Crippen molar-refractivity contribution in [3.63, 3.8) is 0 Å². The quantitative estimate of drug-likeness (QED) is 0.862. The third kappa shape index (κ3) is 3.85. The topological polar surface area (TPSA) is 32.3 Å². The third-order valence-corrected chi connectivity index (χ3v) is 3.71. The molecule has 2 rings (SSSR count). The predicted molar refractivity (Wildman–Crippen MR) is 87.8 cm³/mol. The van der Waals surface area contributed by atoms with Gasteiger partial charge >= 0.3 is 0 Å². The van der Waals surface area contributed by atoms with E-state index in [1.54, 1.807) is 29.5 Å². The lowest BCUT2D eigenvalue weighted by molar-refractivity contribution is -0.111. The summed E-state index contributed by atoms with van der Waals surface area (Å²) in [6.07, 6.45) is 3.31. The molecule has 3 nitrogen and oxygen atoms in total. The molecule has 0 unspecified atom stereocenters. The second kappa shape index (κ2) is 6.59. The van der Waals surface area contributed by atoms with Crippen LogP contribution < -0.4 is 10.2 Å². The van der Waals surface area contributed by atoms with Crippen LogP contribution in [-0.2, 0) is 4.79 Å². The average molecular weight is 307 g/mol. The number of amides is 1. The van der Waals surface area contributed by atoms with E-state index in [2.05, 4.69) is 5.32 Å². The monoisotopic (exact) mass is 306 g/mol. The summed E-state index contributed by atoms with van der Waals surface area (Å²) in [6.45, 7) is 0. The number of nitrogens with one attached hydrogen (secondary N) is 1. The summed E-state index contributed by atoms with van der Waals surface area (Å²) < 4.78 is 0. The molecule has 0 spiro atoms. The Morgan fingerprint density at radius 1 is 1.35 bits per heavy atom. The van der Waals surface area contributed by atoms with Gasteiger partial charge in [0.1, 0.15) is 0 Å². The van der Waals surface area contributed by atoms with Gasteiger partial charge in [-0.25, -0.2) is 0 Å². The minimum atomic E-state index is -0.177. The zero-order valence-corrected chi connectivity index (χ0v) is 12.8. The zero-order valence-electron chi connectivity index (χ0n) is 11.3. The van der Waals surface area contributed by atoms with E-state index in [0.717, 1.165) is 10.6 Å². The molecular weight excluding hydrogens is 292 g/mol. The second-order valence-electron chi connectivity index (χ2n) is 4.39. The summed E-state index contributed by atoms with van der Waals surface area (Å²) in [6, 6.07) is 9.32. The second-order valence-corrected chi connectivity index (χ2v) is 5.81. The Kier molecular flexibility index (Phi) is 4.82. The summed E-state index contributed by atoms with van der Waals surface area (Å²) in [4.78, 5) is 14.9. The predicted octanol–water partition coefficient (Wildman–Crippen LogP) is 4.12. The first-order valence-corrected chi connectivity index (χ1v) is 7.31. The Morgan fingerprint density at radius 3 is 2.80 bits per heavy atom. The van der Waals surface area contributed by atoms with Gasteiger partial charge < -0.3 is 10.2 Å². The summed E-state index contributed by atoms with van der Waals surface area (Å²) >= 11 is 7.56. The number of anilines is 2. The normalized spacial score (nSPS) is 10.8. The molecule has 0 saturated heterocycles. The van der Waals surface area contributed by atoms with Gasteiger partial charge in [0.25, 0.3) is 0 Å². The van der Waals surface area contributed by atoms with Crippen molar-refractivity contribution in [3.05, 3.63) is 51.7 Å². The molecule has 1 heterocycles. The molecule has 0 aliphatic heterocycles. The van der Waals surface area contributed by atoms with Crippen molar-refractivity contribution in [2.75, 3.05) is 24.3 Å². The smallest absolute Gasteiger partial charge is 0.248 e. The minimum absolute atomic E-state index is 0.177. The molecule has 0 aliphatic rings. The maximum absolute atomic E-state index is 11.9. The van der Waals surface area contributed by atoms with Gasteiger partial charge in [0, 0.05) is 30.1 Å². The van der Waals surface area contributed by atoms with Crippen LogP contribution in [0.2, 0.25) is 5.02 Å². The molecule has 1 N–H and O–H groups in total. The average Bonchev–Trinajstić information content (AvgIpc) is 2.89. The molecule has 1 amide bonds. The molecule has 2 aromatic rings. The van der Waals surface area contributed by atoms with Crippen molar-refractivity contribution in [2.45, 2.75) is 0 Å². The fourth-order valence-corrected chi connectivity index (χ4v) is 2.51. The van der Waals surface area contributed by atoms with Gasteiger partial charge in [0.05, 0.1) is 11.4 Å². The minimum Gasteiger partial charge on any atom is -0.376 e. The van der Waals surface area contributed by atoms with Crippen molar-refractivity contribution >= 4 is 46.3 Å². The van der Waals surface area contributed by atoms with E-state index in [0.29, 0.717) is 10.7 Å². The molecule has 1 aromatic heterocycles. The molecule has 1 aromatic carbocycles. The highest BCUT2D eigenvalue weighted by Gasteiger charge is 2.07. The Morgan fingerprint density at radius 2 is 2.15 bits per heavy atom. The van der Waals surface area contributed by atoms with Crippen molar-refractivity contribution in [1.82, 2.24) is 0 Å². The first-order valence-electron chi connectivity index (χ1n) is 6.06. The first kappa shape index (κ1) is 14.6. The SMILES string of the molecule is CN(C)c1ccc(Cl)cc1NC(=O)/C=C/c1cccs1. The van der Waals surface area contributed by atoms with Crippen LogP contribution in [0.15, 0.2) is 41.8 Å². The molecule has 5 heteroatoms. The lowest BCUT2D eigenvalue weighted by atomic mass is 10.2. The van der Waals surface area contributed by atoms with Crippen LogP contribution in [-0.4, -0.2) is 20.0 Å². The third-order valence-electron chi connectivity index (χ3n) is 2.64. The number of hydrogen-bond acceptors (Lipinski definition) is 3. The highest BCUT2D eigenvalue weighted by Crippen LogP contribution is 2.27. The van der Waals surface area contributed by atoms with Gasteiger partial charge in [-0.15, -0.1) is 11.3 Å². The largest absolute Gasteiger partial charge is 0.376 e. The summed E-state index contributed by atoms with van der Waals surface area (Å²) in [7, 11) is 3.83. The van der Waals surface area contributed by atoms with E-state index >= 15 is 0 Å². The number of benzene rings is 1. The number of carbonyl (C=O) groups is 1. The van der Waals surface area contributed by atoms with Crippen LogP contribution in [0, 0.1) is 0 Å². The Labute approximate surface area is 127 Å². The van der Waals surface area contributed by atoms with E-state index in [1.165, 1.54) is 6.08 Å². The molecular formula is C15H15ClN2OS. The number of rotatable bonds is 4. The Balaban J connectivity index is 2.13. The zero-order chi connectivity index (χ0) is 14.5. The van der Waals surface area contributed by atoms with Crippen LogP contribution >= 0.6 is 22.9 Å². The van der Waals surface area contributed by atoms with Crippen LogP contribution in [0.1, 0.15) is 4.88 Å². The molecule has 0 fully saturated rings. The molecule has 104 valence electrons. The van der Waals surface area contributed by atoms with Crippen molar-refractivity contribution in [1.29, 1.82) is 0 Å². The van der Waals surface area contributed by atoms with Gasteiger partial charge in [-0.1, -0.05) is 17.7 Å². The first-order chi connectivity index (χ1) is 9.56. The van der Waals surface area contributed by atoms with Gasteiger partial charge in [-0.2, -0.15) is 0 Å². The van der Waals surface area contributed by atoms with Crippen LogP contribution in [0.25, 0.3) is 6.08 Å². The van der Waals surface area contributed by atoms with E-state index in [1.807, 2.05) is 42.6 Å². The summed E-state index contributed by atoms with van der Waals surface area (Å²) in [5.41, 5.74) is 1.61. The van der Waals surface area contributed by atoms with Crippen LogP contribution in [0.5, 0.6) is 0 Å². The molecule has 0 aliphatic carbocycles. The van der Waals surface area contributed by atoms with E-state index < -0.39 is 0 Å². The van der Waals surface area contributed by atoms with Gasteiger partial charge in [-0.05, 0) is 35.7 Å². The molecule has 20 heavy (non-hydrogen) atoms. The van der Waals surface area contributed by atoms with Crippen LogP contribution in [0.3, 0.4) is 0 Å². The highest BCUT2D eigenvalue weighted by molar-refractivity contribution is 7.10. The van der Waals surface area contributed by atoms with E-state index in [9.17, 15) is 4.79 Å². The van der Waals surface area contributed by atoms with E-state index in [4.69, 9.17) is 11.6 Å². The fraction of sp³-hybridized carbons (Fsp3) is 0.133. The standard InChI is InChI=1S/C15H15ClN2OS/c1-18(2)14-7-5-11(16)10-13(14)17-15(19)8-6-12-4-3-9-20-12/h3-10H,1-2H3,(H,17,19)/b8-6+. The summed E-state index contributed by atoms with van der Waals surface area (Å²) in [5, 5.41) is 5.41. The number of hydrogen-bond donors (Lipinski definition) is 1. The van der Waals surface area contributed by atoms with Crippen LogP contribution in [0.4, 0.5) is 11.4 Å². The molecule has 0 atom stereocenters. The number of nitrogens with zero attached hydrogens (tertiary/aromatic N) is 1. The fourth-order valence-electron chi connectivity index (χ4n) is 1.72. The molecule has 0 saturated carbocycles. The van der Waals surface area contributed by atoms with Crippen molar-refractivity contribution in [3.8, 4) is 0 Å². The van der Waals surface area contributed by atoms with Crippen molar-refractivity contribution < 1.29 is 4.79 Å². The van der Waals surface area contributed by atoms with Gasteiger partial charge in [-0.3, -0.25) is 4.79 Å². The number of carbonyl (C=O) groups excluding carboxylic acids is 1. The van der Waals surface area contributed by atoms with Gasteiger partial charge in [0.15, 0.2) is 0 Å². The Hall–Kier alpha value is -1.78. The summed E-state index contributed by atoms with van der Waals surface area (Å²) in [5.74, 6) is -0.177. The maximum Gasteiger partial charge on any atom is 0.248 e. The number of halogens is 1. The van der Waals surface area contributed by atoms with Crippen molar-refractivity contribution in [2.24, 2.45) is 0 Å². The van der Waals surface area contributed by atoms with Gasteiger partial charge in [0.2, 0.25) is 5.91 Å². The number of thiophene rings is 1. The lowest BCUT2D eigenvalue weighted by Gasteiger charge is -2.17. The lowest BCUT2D eigenvalue weighted by Crippen LogP contribution is -2.15. The molecule has 0 bridgehead atoms. The Bertz CT molecular complexity index is 621. The molecule has 0 radical (unpaired) electrons. The highest BCUT2D eigenvalue weighted by atomic mass is 35.5. The maximum atomic E-state index is 11.9. The van der Waals surface area contributed by atoms with E-state index in [-0.39, 0.29) is 5.91 Å².